The van der Waals surface area contributed by atoms with E-state index >= 15 is 0 Å². The molecule has 3 rings (SSSR count). The molecule has 0 N–H and O–H groups in total. The van der Waals surface area contributed by atoms with Crippen LogP contribution in [-0.2, 0) is 17.3 Å². The standard InChI is InChI=1S/C21H26O/c1-20(2,3)15-9-13-7-8-18(22)17-12-16(21(4,5)6)11-14(10-15)19(13)17/h9-12H,7-8H2,1-6H3. The second-order valence-electron chi connectivity index (χ2n) is 8.68. The Labute approximate surface area is 133 Å². The number of aryl methyl sites for hydroxylation is 1. The molecule has 0 fully saturated rings. The average molecular weight is 294 g/mol. The molecule has 2 aromatic rings. The molecule has 0 amide bonds. The zero-order valence-electron chi connectivity index (χ0n) is 14.6. The van der Waals surface area contributed by atoms with Crippen LogP contribution in [0.1, 0.15) is 75.0 Å². The van der Waals surface area contributed by atoms with E-state index in [1.165, 1.54) is 27.5 Å². The fourth-order valence-electron chi connectivity index (χ4n) is 3.27. The zero-order chi connectivity index (χ0) is 16.3. The van der Waals surface area contributed by atoms with Crippen LogP contribution < -0.4 is 0 Å². The summed E-state index contributed by atoms with van der Waals surface area (Å²) in [7, 11) is 0. The minimum Gasteiger partial charge on any atom is -0.294 e. The van der Waals surface area contributed by atoms with Gasteiger partial charge in [-0.15, -0.1) is 0 Å². The first kappa shape index (κ1) is 15.3. The highest BCUT2D eigenvalue weighted by Gasteiger charge is 2.25. The highest BCUT2D eigenvalue weighted by Crippen LogP contribution is 2.37. The van der Waals surface area contributed by atoms with Crippen molar-refractivity contribution in [2.75, 3.05) is 0 Å². The van der Waals surface area contributed by atoms with Crippen molar-refractivity contribution in [1.82, 2.24) is 0 Å². The van der Waals surface area contributed by atoms with E-state index in [1.807, 2.05) is 0 Å². The molecule has 1 nitrogen and oxygen atoms in total. The van der Waals surface area contributed by atoms with Crippen molar-refractivity contribution in [1.29, 1.82) is 0 Å². The van der Waals surface area contributed by atoms with E-state index in [-0.39, 0.29) is 10.8 Å². The molecule has 2 aromatic carbocycles. The van der Waals surface area contributed by atoms with Gasteiger partial charge in [0.1, 0.15) is 0 Å². The summed E-state index contributed by atoms with van der Waals surface area (Å²) in [6, 6.07) is 9.02. The summed E-state index contributed by atoms with van der Waals surface area (Å²) in [5.74, 6) is 0.298. The van der Waals surface area contributed by atoms with Crippen LogP contribution in [0.15, 0.2) is 24.3 Å². The van der Waals surface area contributed by atoms with E-state index in [1.54, 1.807) is 0 Å². The summed E-state index contributed by atoms with van der Waals surface area (Å²) in [5.41, 5.74) is 5.08. The van der Waals surface area contributed by atoms with Crippen molar-refractivity contribution >= 4 is 16.6 Å². The number of hydrogen-bond acceptors (Lipinski definition) is 1. The molecule has 0 unspecified atom stereocenters. The Morgan fingerprint density at radius 3 is 1.86 bits per heavy atom. The first-order valence-corrected chi connectivity index (χ1v) is 8.22. The van der Waals surface area contributed by atoms with Crippen LogP contribution in [0.4, 0.5) is 0 Å². The minimum atomic E-state index is 0.0559. The smallest absolute Gasteiger partial charge is 0.163 e. The minimum absolute atomic E-state index is 0.0559. The van der Waals surface area contributed by atoms with Crippen LogP contribution in [0.3, 0.4) is 0 Å². The summed E-state index contributed by atoms with van der Waals surface area (Å²) in [4.78, 5) is 12.4. The fraction of sp³-hybridized carbons (Fsp3) is 0.476. The maximum Gasteiger partial charge on any atom is 0.163 e. The normalized spacial score (nSPS) is 15.5. The number of hydrogen-bond donors (Lipinski definition) is 0. The van der Waals surface area contributed by atoms with Gasteiger partial charge in [-0.25, -0.2) is 0 Å². The lowest BCUT2D eigenvalue weighted by Crippen LogP contribution is -2.17. The molecule has 0 atom stereocenters. The van der Waals surface area contributed by atoms with E-state index in [0.29, 0.717) is 12.2 Å². The van der Waals surface area contributed by atoms with Gasteiger partial charge in [0.05, 0.1) is 0 Å². The Kier molecular flexibility index (Phi) is 3.25. The lowest BCUT2D eigenvalue weighted by atomic mass is 9.77. The van der Waals surface area contributed by atoms with E-state index in [2.05, 4.69) is 65.8 Å². The van der Waals surface area contributed by atoms with Gasteiger partial charge in [0.2, 0.25) is 0 Å². The number of rotatable bonds is 0. The van der Waals surface area contributed by atoms with Crippen LogP contribution in [0.25, 0.3) is 10.8 Å². The summed E-state index contributed by atoms with van der Waals surface area (Å²) in [5, 5.41) is 2.43. The van der Waals surface area contributed by atoms with Gasteiger partial charge in [0, 0.05) is 12.0 Å². The van der Waals surface area contributed by atoms with Crippen molar-refractivity contribution in [3.63, 3.8) is 0 Å². The number of Topliss-reactive ketones (excluding diaryl/α,β-unsaturated/α-hetero) is 1. The lowest BCUT2D eigenvalue weighted by molar-refractivity contribution is 0.0981. The van der Waals surface area contributed by atoms with Crippen molar-refractivity contribution in [2.45, 2.75) is 65.2 Å². The van der Waals surface area contributed by atoms with Gasteiger partial charge in [-0.2, -0.15) is 0 Å². The summed E-state index contributed by atoms with van der Waals surface area (Å²) in [6.45, 7) is 13.4. The topological polar surface area (TPSA) is 17.1 Å². The van der Waals surface area contributed by atoms with Crippen LogP contribution >= 0.6 is 0 Å². The SMILES string of the molecule is CC(C)(C)c1cc2c3c(cc(C(C)(C)C)cc3c1)C(=O)CC2. The van der Waals surface area contributed by atoms with E-state index in [9.17, 15) is 4.79 Å². The van der Waals surface area contributed by atoms with Gasteiger partial charge in [-0.1, -0.05) is 59.7 Å². The Hall–Kier alpha value is -1.63. The highest BCUT2D eigenvalue weighted by atomic mass is 16.1. The zero-order valence-corrected chi connectivity index (χ0v) is 14.6. The van der Waals surface area contributed by atoms with Crippen molar-refractivity contribution in [2.24, 2.45) is 0 Å². The van der Waals surface area contributed by atoms with Crippen LogP contribution in [-0.4, -0.2) is 5.78 Å². The van der Waals surface area contributed by atoms with Crippen LogP contribution in [0, 0.1) is 0 Å². The molecule has 1 heteroatoms. The van der Waals surface area contributed by atoms with Crippen molar-refractivity contribution in [3.8, 4) is 0 Å². The largest absolute Gasteiger partial charge is 0.294 e. The Balaban J connectivity index is 2.39. The molecule has 1 aliphatic rings. The second-order valence-corrected chi connectivity index (χ2v) is 8.68. The third kappa shape index (κ3) is 2.47. The Morgan fingerprint density at radius 2 is 1.32 bits per heavy atom. The Bertz CT molecular complexity index is 762. The molecule has 0 aromatic heterocycles. The second kappa shape index (κ2) is 4.68. The quantitative estimate of drug-likeness (QED) is 0.621. The molecule has 0 radical (unpaired) electrons. The molecular formula is C21H26O. The molecule has 0 bridgehead atoms. The van der Waals surface area contributed by atoms with Crippen molar-refractivity contribution < 1.29 is 4.79 Å². The maximum absolute atomic E-state index is 12.4. The predicted molar refractivity (Wildman–Crippen MR) is 94.0 cm³/mol. The first-order chi connectivity index (χ1) is 10.1. The molecule has 0 aliphatic heterocycles. The first-order valence-electron chi connectivity index (χ1n) is 8.22. The van der Waals surface area contributed by atoms with Crippen molar-refractivity contribution in [3.05, 3.63) is 46.5 Å². The lowest BCUT2D eigenvalue weighted by Gasteiger charge is -2.27. The van der Waals surface area contributed by atoms with Gasteiger partial charge in [0.25, 0.3) is 0 Å². The van der Waals surface area contributed by atoms with Gasteiger partial charge in [-0.3, -0.25) is 4.79 Å². The number of benzene rings is 2. The average Bonchev–Trinajstić information content (AvgIpc) is 2.40. The predicted octanol–water partition coefficient (Wildman–Crippen LogP) is 5.56. The summed E-state index contributed by atoms with van der Waals surface area (Å²) in [6.07, 6.45) is 1.52. The van der Waals surface area contributed by atoms with Crippen LogP contribution in [0.5, 0.6) is 0 Å². The van der Waals surface area contributed by atoms with E-state index in [0.717, 1.165) is 12.0 Å². The summed E-state index contributed by atoms with van der Waals surface area (Å²) >= 11 is 0. The van der Waals surface area contributed by atoms with Crippen LogP contribution in [0.2, 0.25) is 0 Å². The Morgan fingerprint density at radius 1 is 0.773 bits per heavy atom. The van der Waals surface area contributed by atoms with Gasteiger partial charge in [0.15, 0.2) is 5.78 Å². The molecule has 22 heavy (non-hydrogen) atoms. The fourth-order valence-corrected chi connectivity index (χ4v) is 3.27. The molecule has 116 valence electrons. The van der Waals surface area contributed by atoms with E-state index < -0.39 is 0 Å². The number of ketones is 1. The van der Waals surface area contributed by atoms with Gasteiger partial charge < -0.3 is 0 Å². The molecule has 0 spiro atoms. The molecule has 0 heterocycles. The maximum atomic E-state index is 12.4. The molecule has 0 saturated heterocycles. The third-order valence-corrected chi connectivity index (χ3v) is 4.78. The molecule has 0 saturated carbocycles. The number of carbonyl (C=O) groups is 1. The summed E-state index contributed by atoms with van der Waals surface area (Å²) < 4.78 is 0. The molecule has 1 aliphatic carbocycles. The third-order valence-electron chi connectivity index (χ3n) is 4.78. The van der Waals surface area contributed by atoms with E-state index in [4.69, 9.17) is 0 Å². The van der Waals surface area contributed by atoms with Gasteiger partial charge >= 0.3 is 0 Å². The number of carbonyl (C=O) groups excluding carboxylic acids is 1. The highest BCUT2D eigenvalue weighted by molar-refractivity contribution is 6.11. The monoisotopic (exact) mass is 294 g/mol. The van der Waals surface area contributed by atoms with Gasteiger partial charge in [-0.05, 0) is 50.8 Å². The molecular weight excluding hydrogens is 268 g/mol.